The molecule has 0 fully saturated rings. The Kier molecular flexibility index (Phi) is 8.80. The predicted molar refractivity (Wildman–Crippen MR) is 169 cm³/mol. The van der Waals surface area contributed by atoms with Gasteiger partial charge in [-0.15, -0.1) is 23.7 Å². The zero-order valence-electron chi connectivity index (χ0n) is 23.3. The van der Waals surface area contributed by atoms with E-state index in [4.69, 9.17) is 14.5 Å². The first kappa shape index (κ1) is 29.2. The van der Waals surface area contributed by atoms with Crippen LogP contribution in [-0.2, 0) is 19.4 Å². The number of thiazole rings is 1. The van der Waals surface area contributed by atoms with Gasteiger partial charge in [0.25, 0.3) is 5.56 Å². The van der Waals surface area contributed by atoms with Gasteiger partial charge >= 0.3 is 5.76 Å². The number of aryl methyl sites for hydroxylation is 2. The topological polar surface area (TPSA) is 107 Å². The van der Waals surface area contributed by atoms with E-state index >= 15 is 0 Å². The number of rotatable bonds is 9. The third-order valence-corrected chi connectivity index (χ3v) is 8.23. The monoisotopic (exact) mass is 599 g/mol. The molecule has 3 heterocycles. The third-order valence-electron chi connectivity index (χ3n) is 7.21. The van der Waals surface area contributed by atoms with Gasteiger partial charge < -0.3 is 0 Å². The molecule has 6 rings (SSSR count). The standard InChI is InChI=1S/C32H29N5O3S.ClH/c1-3-4-11-26-25(31(38)37(20(2)33-26)19-29-34-27-12-7-8-13-28(27)41-29)18-21-14-16-22(17-15-21)23-9-5-6-10-24(23)30-35-32(39)40-36-30;/h5-10,12-17H,3-4,11,18-19H2,1-2H3,(H,35,36,39);1H. The van der Waals surface area contributed by atoms with E-state index in [0.29, 0.717) is 24.6 Å². The summed E-state index contributed by atoms with van der Waals surface area (Å²) >= 11 is 1.61. The van der Waals surface area contributed by atoms with Gasteiger partial charge in [-0.2, -0.15) is 0 Å². The maximum Gasteiger partial charge on any atom is 0.439 e. The average molecular weight is 600 g/mol. The van der Waals surface area contributed by atoms with E-state index in [1.54, 1.807) is 15.9 Å². The molecule has 0 saturated heterocycles. The average Bonchev–Trinajstić information content (AvgIpc) is 3.62. The van der Waals surface area contributed by atoms with Crippen LogP contribution in [0.1, 0.15) is 47.4 Å². The second-order valence-corrected chi connectivity index (χ2v) is 11.1. The second kappa shape index (κ2) is 12.7. The molecule has 10 heteroatoms. The normalized spacial score (nSPS) is 11.1. The Hall–Kier alpha value is -4.34. The fourth-order valence-corrected chi connectivity index (χ4v) is 6.04. The van der Waals surface area contributed by atoms with Crippen molar-refractivity contribution in [1.29, 1.82) is 0 Å². The second-order valence-electron chi connectivity index (χ2n) is 10.0. The van der Waals surface area contributed by atoms with E-state index in [1.165, 1.54) is 0 Å². The molecule has 1 N–H and O–H groups in total. The highest BCUT2D eigenvalue weighted by molar-refractivity contribution is 7.18. The lowest BCUT2D eigenvalue weighted by molar-refractivity contribution is 0.388. The molecular weight excluding hydrogens is 570 g/mol. The van der Waals surface area contributed by atoms with Crippen molar-refractivity contribution in [1.82, 2.24) is 24.7 Å². The van der Waals surface area contributed by atoms with Crippen LogP contribution in [0, 0.1) is 6.92 Å². The predicted octanol–water partition coefficient (Wildman–Crippen LogP) is 6.58. The largest absolute Gasteiger partial charge is 0.439 e. The Morgan fingerprint density at radius 2 is 1.67 bits per heavy atom. The van der Waals surface area contributed by atoms with Crippen molar-refractivity contribution < 1.29 is 4.52 Å². The third kappa shape index (κ3) is 5.98. The zero-order valence-corrected chi connectivity index (χ0v) is 24.9. The first-order chi connectivity index (χ1) is 20.0. The van der Waals surface area contributed by atoms with Gasteiger partial charge in [0.1, 0.15) is 10.8 Å². The van der Waals surface area contributed by atoms with Crippen molar-refractivity contribution in [2.45, 2.75) is 46.1 Å². The van der Waals surface area contributed by atoms with Crippen LogP contribution in [0.5, 0.6) is 0 Å². The molecule has 0 unspecified atom stereocenters. The molecule has 0 saturated carbocycles. The van der Waals surface area contributed by atoms with E-state index in [2.05, 4.69) is 23.1 Å². The maximum absolute atomic E-state index is 13.9. The Balaban J connectivity index is 0.00000353. The number of fused-ring (bicyclic) bond motifs is 1. The van der Waals surface area contributed by atoms with Crippen molar-refractivity contribution in [2.75, 3.05) is 0 Å². The number of para-hydroxylation sites is 1. The number of hydrogen-bond donors (Lipinski definition) is 1. The van der Waals surface area contributed by atoms with Gasteiger partial charge in [-0.3, -0.25) is 18.9 Å². The number of H-pyrrole nitrogens is 1. The van der Waals surface area contributed by atoms with Crippen LogP contribution < -0.4 is 11.3 Å². The van der Waals surface area contributed by atoms with E-state index in [-0.39, 0.29) is 18.0 Å². The number of nitrogens with zero attached hydrogens (tertiary/aromatic N) is 4. The number of aromatic amines is 1. The molecule has 0 radical (unpaired) electrons. The van der Waals surface area contributed by atoms with Crippen molar-refractivity contribution in [3.8, 4) is 22.5 Å². The lowest BCUT2D eigenvalue weighted by atomic mass is 9.96. The zero-order chi connectivity index (χ0) is 28.3. The molecule has 6 aromatic rings. The summed E-state index contributed by atoms with van der Waals surface area (Å²) < 4.78 is 7.58. The first-order valence-electron chi connectivity index (χ1n) is 13.7. The molecular formula is C32H30ClN5O3S. The van der Waals surface area contributed by atoms with Gasteiger partial charge in [0.15, 0.2) is 5.82 Å². The minimum Gasteiger partial charge on any atom is -0.296 e. The highest BCUT2D eigenvalue weighted by Crippen LogP contribution is 2.30. The van der Waals surface area contributed by atoms with Crippen molar-refractivity contribution >= 4 is 34.0 Å². The van der Waals surface area contributed by atoms with E-state index in [9.17, 15) is 9.59 Å². The molecule has 214 valence electrons. The van der Waals surface area contributed by atoms with Crippen LogP contribution >= 0.6 is 23.7 Å². The highest BCUT2D eigenvalue weighted by atomic mass is 35.5. The quantitative estimate of drug-likeness (QED) is 0.201. The smallest absolute Gasteiger partial charge is 0.296 e. The van der Waals surface area contributed by atoms with E-state index in [0.717, 1.165) is 68.0 Å². The molecule has 3 aromatic carbocycles. The van der Waals surface area contributed by atoms with Crippen molar-refractivity contribution in [3.63, 3.8) is 0 Å². The van der Waals surface area contributed by atoms with Crippen molar-refractivity contribution in [2.24, 2.45) is 0 Å². The lowest BCUT2D eigenvalue weighted by Gasteiger charge is -2.15. The molecule has 0 aliphatic rings. The van der Waals surface area contributed by atoms with Crippen molar-refractivity contribution in [3.05, 3.63) is 121 Å². The summed E-state index contributed by atoms with van der Waals surface area (Å²) in [6, 6.07) is 23.9. The van der Waals surface area contributed by atoms with Crippen LogP contribution in [0.3, 0.4) is 0 Å². The fraction of sp³-hybridized carbons (Fsp3) is 0.219. The number of hydrogen-bond acceptors (Lipinski definition) is 7. The number of nitrogens with one attached hydrogen (secondary N) is 1. The molecule has 0 aliphatic heterocycles. The fourth-order valence-electron chi connectivity index (χ4n) is 5.09. The summed E-state index contributed by atoms with van der Waals surface area (Å²) in [6.07, 6.45) is 3.26. The molecule has 0 aliphatic carbocycles. The number of benzene rings is 3. The number of halogens is 1. The Morgan fingerprint density at radius 1 is 0.929 bits per heavy atom. The van der Waals surface area contributed by atoms with Crippen LogP contribution in [-0.4, -0.2) is 24.7 Å². The highest BCUT2D eigenvalue weighted by Gasteiger charge is 2.17. The Morgan fingerprint density at radius 3 is 2.38 bits per heavy atom. The summed E-state index contributed by atoms with van der Waals surface area (Å²) in [5.41, 5.74) is 6.23. The molecule has 8 nitrogen and oxygen atoms in total. The van der Waals surface area contributed by atoms with Crippen LogP contribution in [0.4, 0.5) is 0 Å². The minimum atomic E-state index is -0.593. The van der Waals surface area contributed by atoms with Gasteiger partial charge in [0, 0.05) is 17.5 Å². The Bertz CT molecular complexity index is 1920. The van der Waals surface area contributed by atoms with Crippen LogP contribution in [0.25, 0.3) is 32.7 Å². The first-order valence-corrected chi connectivity index (χ1v) is 14.5. The number of unbranched alkanes of at least 4 members (excludes halogenated alkanes) is 1. The molecule has 0 spiro atoms. The Labute approximate surface area is 252 Å². The molecule has 42 heavy (non-hydrogen) atoms. The maximum atomic E-state index is 13.9. The van der Waals surface area contributed by atoms with Gasteiger partial charge in [-0.05, 0) is 48.6 Å². The molecule has 0 atom stereocenters. The summed E-state index contributed by atoms with van der Waals surface area (Å²) in [5, 5.41) is 4.75. The molecule has 3 aromatic heterocycles. The summed E-state index contributed by atoms with van der Waals surface area (Å²) in [5.74, 6) is 0.501. The summed E-state index contributed by atoms with van der Waals surface area (Å²) in [7, 11) is 0. The summed E-state index contributed by atoms with van der Waals surface area (Å²) in [6.45, 7) is 4.45. The van der Waals surface area contributed by atoms with Gasteiger partial charge in [-0.25, -0.2) is 14.8 Å². The van der Waals surface area contributed by atoms with Gasteiger partial charge in [0.2, 0.25) is 0 Å². The minimum absolute atomic E-state index is 0. The SMILES string of the molecule is CCCCc1nc(C)n(Cc2nc3ccccc3s2)c(=O)c1Cc1ccc(-c2ccccc2-c2noc(=O)[nH]2)cc1.Cl. The van der Waals surface area contributed by atoms with E-state index < -0.39 is 5.76 Å². The number of aromatic nitrogens is 5. The molecule has 0 amide bonds. The van der Waals surface area contributed by atoms with Gasteiger partial charge in [0.05, 0.1) is 22.5 Å². The van der Waals surface area contributed by atoms with E-state index in [1.807, 2.05) is 73.7 Å². The van der Waals surface area contributed by atoms with Gasteiger partial charge in [-0.1, -0.05) is 79.2 Å². The summed E-state index contributed by atoms with van der Waals surface area (Å²) in [4.78, 5) is 37.8. The van der Waals surface area contributed by atoms with Crippen LogP contribution in [0.2, 0.25) is 0 Å². The molecule has 0 bridgehead atoms. The van der Waals surface area contributed by atoms with Crippen LogP contribution in [0.15, 0.2) is 86.9 Å². The lowest BCUT2D eigenvalue weighted by Crippen LogP contribution is -2.30.